The molecule has 0 spiro atoms. The van der Waals surface area contributed by atoms with Crippen molar-refractivity contribution < 1.29 is 18.3 Å². The molecule has 0 aromatic heterocycles. The van der Waals surface area contributed by atoms with Crippen molar-refractivity contribution in [3.05, 3.63) is 48.0 Å². The fraction of sp³-hybridized carbons (Fsp3) is 0.188. The number of sulfonamides is 1. The lowest BCUT2D eigenvalue weighted by Crippen LogP contribution is -2.29. The summed E-state index contributed by atoms with van der Waals surface area (Å²) < 4.78 is 27.1. The van der Waals surface area contributed by atoms with Crippen molar-refractivity contribution in [2.24, 2.45) is 0 Å². The number of benzene rings is 2. The highest BCUT2D eigenvalue weighted by Crippen LogP contribution is 2.39. The first-order chi connectivity index (χ1) is 10.9. The minimum absolute atomic E-state index is 0.00436. The van der Waals surface area contributed by atoms with Crippen LogP contribution in [0.5, 0.6) is 5.75 Å². The molecule has 0 aliphatic carbocycles. The van der Waals surface area contributed by atoms with Crippen LogP contribution in [-0.2, 0) is 21.2 Å². The van der Waals surface area contributed by atoms with Gasteiger partial charge in [0, 0.05) is 13.5 Å². The number of hydrogen-bond acceptors (Lipinski definition) is 4. The predicted molar refractivity (Wildman–Crippen MR) is 87.1 cm³/mol. The van der Waals surface area contributed by atoms with Crippen molar-refractivity contribution in [1.29, 1.82) is 0 Å². The Balaban J connectivity index is 2.08. The number of rotatable bonds is 3. The van der Waals surface area contributed by atoms with Gasteiger partial charge in [0.1, 0.15) is 5.75 Å². The van der Waals surface area contributed by atoms with E-state index in [-0.39, 0.29) is 16.6 Å². The molecule has 0 unspecified atom stereocenters. The minimum Gasteiger partial charge on any atom is -0.508 e. The maximum absolute atomic E-state index is 12.9. The van der Waals surface area contributed by atoms with Crippen LogP contribution in [-0.4, -0.2) is 26.0 Å². The fourth-order valence-corrected chi connectivity index (χ4v) is 4.22. The lowest BCUT2D eigenvalue weighted by atomic mass is 10.1. The first kappa shape index (κ1) is 15.4. The van der Waals surface area contributed by atoms with E-state index in [1.807, 2.05) is 6.07 Å². The third kappa shape index (κ3) is 2.75. The molecule has 2 aromatic rings. The van der Waals surface area contributed by atoms with Gasteiger partial charge in [-0.05, 0) is 42.3 Å². The molecule has 3 rings (SSSR count). The number of para-hydroxylation sites is 1. The number of nitrogens with zero attached hydrogens (tertiary/aromatic N) is 1. The van der Waals surface area contributed by atoms with E-state index in [0.717, 1.165) is 5.56 Å². The predicted octanol–water partition coefficient (Wildman–Crippen LogP) is 2.10. The number of amides is 1. The van der Waals surface area contributed by atoms with Gasteiger partial charge in [0.05, 0.1) is 16.3 Å². The summed E-state index contributed by atoms with van der Waals surface area (Å²) in [5.41, 5.74) is 1.87. The van der Waals surface area contributed by atoms with E-state index >= 15 is 0 Å². The first-order valence-corrected chi connectivity index (χ1v) is 8.55. The van der Waals surface area contributed by atoms with Gasteiger partial charge in [-0.15, -0.1) is 0 Å². The Hall–Kier alpha value is -2.54. The number of carbonyl (C=O) groups excluding carboxylic acids is 1. The van der Waals surface area contributed by atoms with Crippen LogP contribution in [0.25, 0.3) is 0 Å². The van der Waals surface area contributed by atoms with Crippen LogP contribution in [0.15, 0.2) is 47.4 Å². The molecule has 0 saturated carbocycles. The van der Waals surface area contributed by atoms with E-state index in [4.69, 9.17) is 0 Å². The molecule has 0 bridgehead atoms. The van der Waals surface area contributed by atoms with E-state index in [1.165, 1.54) is 35.5 Å². The number of nitrogens with one attached hydrogen (secondary N) is 1. The molecule has 2 aromatic carbocycles. The lowest BCUT2D eigenvalue weighted by Gasteiger charge is -2.22. The van der Waals surface area contributed by atoms with Crippen LogP contribution in [0.1, 0.15) is 12.5 Å². The molecule has 1 amide bonds. The third-order valence-electron chi connectivity index (χ3n) is 3.69. The lowest BCUT2D eigenvalue weighted by molar-refractivity contribution is -0.114. The van der Waals surface area contributed by atoms with E-state index < -0.39 is 10.0 Å². The Morgan fingerprint density at radius 1 is 1.17 bits per heavy atom. The Morgan fingerprint density at radius 3 is 2.52 bits per heavy atom. The molecule has 1 aliphatic rings. The SMILES string of the molecule is CC(=O)Nc1cccc2c1N(S(=O)(=O)c1ccc(O)cc1)CC2. The average molecular weight is 332 g/mol. The van der Waals surface area contributed by atoms with Crippen LogP contribution in [0, 0.1) is 0 Å². The van der Waals surface area contributed by atoms with E-state index in [1.54, 1.807) is 12.1 Å². The van der Waals surface area contributed by atoms with Crippen molar-refractivity contribution in [3.63, 3.8) is 0 Å². The zero-order chi connectivity index (χ0) is 16.6. The minimum atomic E-state index is -3.76. The summed E-state index contributed by atoms with van der Waals surface area (Å²) in [6, 6.07) is 10.7. The summed E-state index contributed by atoms with van der Waals surface area (Å²) in [5, 5.41) is 12.0. The number of carbonyl (C=O) groups is 1. The summed E-state index contributed by atoms with van der Waals surface area (Å²) >= 11 is 0. The second kappa shape index (κ2) is 5.58. The van der Waals surface area contributed by atoms with Gasteiger partial charge >= 0.3 is 0 Å². The van der Waals surface area contributed by atoms with Gasteiger partial charge < -0.3 is 10.4 Å². The quantitative estimate of drug-likeness (QED) is 0.901. The van der Waals surface area contributed by atoms with Crippen molar-refractivity contribution in [2.75, 3.05) is 16.2 Å². The van der Waals surface area contributed by atoms with Gasteiger partial charge in [-0.3, -0.25) is 9.10 Å². The highest BCUT2D eigenvalue weighted by atomic mass is 32.2. The Kier molecular flexibility index (Phi) is 3.73. The van der Waals surface area contributed by atoms with Crippen molar-refractivity contribution >= 4 is 27.3 Å². The van der Waals surface area contributed by atoms with Gasteiger partial charge in [0.2, 0.25) is 5.91 Å². The first-order valence-electron chi connectivity index (χ1n) is 7.11. The van der Waals surface area contributed by atoms with Gasteiger partial charge in [0.15, 0.2) is 0 Å². The highest BCUT2D eigenvalue weighted by Gasteiger charge is 2.33. The fourth-order valence-electron chi connectivity index (χ4n) is 2.70. The summed E-state index contributed by atoms with van der Waals surface area (Å²) in [6.45, 7) is 1.70. The van der Waals surface area contributed by atoms with Gasteiger partial charge in [-0.25, -0.2) is 8.42 Å². The molecule has 2 N–H and O–H groups in total. The molecule has 6 nitrogen and oxygen atoms in total. The zero-order valence-electron chi connectivity index (χ0n) is 12.5. The molecule has 1 heterocycles. The molecular formula is C16H16N2O4S. The third-order valence-corrected chi connectivity index (χ3v) is 5.50. The maximum Gasteiger partial charge on any atom is 0.264 e. The topological polar surface area (TPSA) is 86.7 Å². The summed E-state index contributed by atoms with van der Waals surface area (Å²) in [7, 11) is -3.76. The van der Waals surface area contributed by atoms with Crippen LogP contribution in [0.4, 0.5) is 11.4 Å². The molecule has 0 fully saturated rings. The summed E-state index contributed by atoms with van der Waals surface area (Å²) in [5.74, 6) is -0.253. The molecule has 0 radical (unpaired) electrons. The normalized spacial score (nSPS) is 13.7. The number of phenols is 1. The molecule has 7 heteroatoms. The van der Waals surface area contributed by atoms with Gasteiger partial charge in [-0.2, -0.15) is 0 Å². The highest BCUT2D eigenvalue weighted by molar-refractivity contribution is 7.92. The van der Waals surface area contributed by atoms with E-state index in [0.29, 0.717) is 24.3 Å². The molecule has 0 saturated heterocycles. The Bertz CT molecular complexity index is 860. The van der Waals surface area contributed by atoms with Crippen LogP contribution in [0.2, 0.25) is 0 Å². The molecular weight excluding hydrogens is 316 g/mol. The second-order valence-corrected chi connectivity index (χ2v) is 7.18. The number of fused-ring (bicyclic) bond motifs is 1. The Labute approximate surface area is 134 Å². The number of anilines is 2. The van der Waals surface area contributed by atoms with Gasteiger partial charge in [0.25, 0.3) is 10.0 Å². The largest absolute Gasteiger partial charge is 0.508 e. The van der Waals surface area contributed by atoms with Crippen LogP contribution < -0.4 is 9.62 Å². The molecule has 1 aliphatic heterocycles. The number of hydrogen-bond donors (Lipinski definition) is 2. The van der Waals surface area contributed by atoms with Crippen LogP contribution >= 0.6 is 0 Å². The number of aromatic hydroxyl groups is 1. The van der Waals surface area contributed by atoms with Crippen molar-refractivity contribution in [3.8, 4) is 5.75 Å². The molecule has 23 heavy (non-hydrogen) atoms. The van der Waals surface area contributed by atoms with E-state index in [2.05, 4.69) is 5.32 Å². The molecule has 0 atom stereocenters. The van der Waals surface area contributed by atoms with Crippen LogP contribution in [0.3, 0.4) is 0 Å². The summed E-state index contributed by atoms with van der Waals surface area (Å²) in [4.78, 5) is 11.5. The zero-order valence-corrected chi connectivity index (χ0v) is 13.3. The summed E-state index contributed by atoms with van der Waals surface area (Å²) in [6.07, 6.45) is 0.583. The van der Waals surface area contributed by atoms with E-state index in [9.17, 15) is 18.3 Å². The monoisotopic (exact) mass is 332 g/mol. The van der Waals surface area contributed by atoms with Crippen molar-refractivity contribution in [1.82, 2.24) is 0 Å². The number of phenolic OH excluding ortho intramolecular Hbond substituents is 1. The van der Waals surface area contributed by atoms with Crippen molar-refractivity contribution in [2.45, 2.75) is 18.2 Å². The van der Waals surface area contributed by atoms with Gasteiger partial charge in [-0.1, -0.05) is 12.1 Å². The maximum atomic E-state index is 12.9. The Morgan fingerprint density at radius 2 is 1.87 bits per heavy atom. The standard InChI is InChI=1S/C16H16N2O4S/c1-11(19)17-15-4-2-3-12-9-10-18(16(12)15)23(21,22)14-7-5-13(20)6-8-14/h2-8,20H,9-10H2,1H3,(H,17,19). The average Bonchev–Trinajstić information content (AvgIpc) is 2.93. The second-order valence-electron chi connectivity index (χ2n) is 5.32. The smallest absolute Gasteiger partial charge is 0.264 e. The molecule has 120 valence electrons.